The first-order valence-electron chi connectivity index (χ1n) is 10.7. The first kappa shape index (κ1) is 24.4. The molecule has 0 unspecified atom stereocenters. The summed E-state index contributed by atoms with van der Waals surface area (Å²) in [5.41, 5.74) is -0.356. The number of ketones is 1. The van der Waals surface area contributed by atoms with E-state index in [1.165, 1.54) is 23.1 Å². The van der Waals surface area contributed by atoms with Crippen molar-refractivity contribution < 1.29 is 23.9 Å². The third-order valence-corrected chi connectivity index (χ3v) is 5.86. The molecule has 1 aromatic carbocycles. The van der Waals surface area contributed by atoms with Crippen molar-refractivity contribution in [3.63, 3.8) is 0 Å². The highest BCUT2D eigenvalue weighted by molar-refractivity contribution is 6.30. The molecule has 2 heterocycles. The summed E-state index contributed by atoms with van der Waals surface area (Å²) in [7, 11) is 0. The monoisotopic (exact) mass is 477 g/mol. The Kier molecular flexibility index (Phi) is 7.86. The minimum Gasteiger partial charge on any atom is -0.502 e. The Morgan fingerprint density at radius 1 is 1.27 bits per heavy atom. The molecule has 0 fully saturated rings. The van der Waals surface area contributed by atoms with Gasteiger partial charge in [0.2, 0.25) is 0 Å². The largest absolute Gasteiger partial charge is 0.502 e. The molecule has 176 valence electrons. The van der Waals surface area contributed by atoms with Gasteiger partial charge in [-0.1, -0.05) is 24.6 Å². The second kappa shape index (κ2) is 10.6. The highest BCUT2D eigenvalue weighted by Gasteiger charge is 2.33. The van der Waals surface area contributed by atoms with E-state index < -0.39 is 28.9 Å². The SMILES string of the molecule is CCC(=O)CCCCNC(=O)c1[nH]c(=O)c(O)c2c1CCN(Cc1ccc(F)c(Cl)c1)C2=O. The number of carbonyl (C=O) groups excluding carboxylic acids is 3. The van der Waals surface area contributed by atoms with E-state index in [2.05, 4.69) is 10.3 Å². The number of unbranched alkanes of at least 4 members (excludes halogenated alkanes) is 1. The number of H-pyrrole nitrogens is 1. The van der Waals surface area contributed by atoms with Gasteiger partial charge >= 0.3 is 0 Å². The molecule has 2 amide bonds. The van der Waals surface area contributed by atoms with E-state index in [9.17, 15) is 28.7 Å². The number of nitrogens with one attached hydrogen (secondary N) is 2. The molecule has 0 saturated heterocycles. The van der Waals surface area contributed by atoms with Crippen molar-refractivity contribution in [2.45, 2.75) is 45.6 Å². The number of aromatic nitrogens is 1. The van der Waals surface area contributed by atoms with E-state index in [1.54, 1.807) is 6.92 Å². The van der Waals surface area contributed by atoms with Crippen molar-refractivity contribution in [2.24, 2.45) is 0 Å². The maximum absolute atomic E-state index is 13.4. The second-order valence-electron chi connectivity index (χ2n) is 7.86. The van der Waals surface area contributed by atoms with Crippen LogP contribution in [0.15, 0.2) is 23.0 Å². The lowest BCUT2D eigenvalue weighted by molar-refractivity contribution is -0.118. The van der Waals surface area contributed by atoms with Crippen LogP contribution in [0.5, 0.6) is 5.75 Å². The highest BCUT2D eigenvalue weighted by Crippen LogP contribution is 2.28. The summed E-state index contributed by atoms with van der Waals surface area (Å²) in [6, 6.07) is 4.10. The molecule has 1 aliphatic heterocycles. The lowest BCUT2D eigenvalue weighted by Gasteiger charge is -2.30. The van der Waals surface area contributed by atoms with Crippen molar-refractivity contribution in [3.8, 4) is 5.75 Å². The Labute approximate surface area is 194 Å². The number of fused-ring (bicyclic) bond motifs is 1. The molecule has 0 aliphatic carbocycles. The van der Waals surface area contributed by atoms with E-state index >= 15 is 0 Å². The van der Waals surface area contributed by atoms with Crippen LogP contribution in [0.4, 0.5) is 4.39 Å². The lowest BCUT2D eigenvalue weighted by Crippen LogP contribution is -2.40. The van der Waals surface area contributed by atoms with Gasteiger partial charge in [0, 0.05) is 32.5 Å². The molecule has 0 spiro atoms. The molecule has 2 aromatic rings. The maximum Gasteiger partial charge on any atom is 0.291 e. The Morgan fingerprint density at radius 3 is 2.73 bits per heavy atom. The van der Waals surface area contributed by atoms with E-state index in [0.717, 1.165) is 0 Å². The van der Waals surface area contributed by atoms with Gasteiger partial charge in [-0.15, -0.1) is 0 Å². The molecule has 3 rings (SSSR count). The summed E-state index contributed by atoms with van der Waals surface area (Å²) in [4.78, 5) is 53.1. The predicted octanol–water partition coefficient (Wildman–Crippen LogP) is 2.95. The maximum atomic E-state index is 13.4. The van der Waals surface area contributed by atoms with Crippen LogP contribution in [0.3, 0.4) is 0 Å². The molecular formula is C23H25ClFN3O5. The Hall–Kier alpha value is -3.20. The Morgan fingerprint density at radius 2 is 2.03 bits per heavy atom. The number of hydrogen-bond acceptors (Lipinski definition) is 5. The Balaban J connectivity index is 1.76. The fourth-order valence-corrected chi connectivity index (χ4v) is 3.94. The number of Topliss-reactive ketones (excluding diaryl/α,β-unsaturated/α-hetero) is 1. The number of amides is 2. The minimum absolute atomic E-state index is 0.0599. The summed E-state index contributed by atoms with van der Waals surface area (Å²) in [6.07, 6.45) is 2.38. The summed E-state index contributed by atoms with van der Waals surface area (Å²) in [6.45, 7) is 2.43. The molecule has 1 aliphatic rings. The molecule has 0 atom stereocenters. The van der Waals surface area contributed by atoms with Gasteiger partial charge in [0.15, 0.2) is 5.75 Å². The first-order chi connectivity index (χ1) is 15.7. The quantitative estimate of drug-likeness (QED) is 0.480. The minimum atomic E-state index is -0.938. The van der Waals surface area contributed by atoms with Gasteiger partial charge in [-0.3, -0.25) is 19.2 Å². The predicted molar refractivity (Wildman–Crippen MR) is 120 cm³/mol. The first-order valence-corrected chi connectivity index (χ1v) is 11.1. The van der Waals surface area contributed by atoms with Crippen LogP contribution in [0.25, 0.3) is 0 Å². The molecule has 0 bridgehead atoms. The lowest BCUT2D eigenvalue weighted by atomic mass is 9.96. The van der Waals surface area contributed by atoms with E-state index in [-0.39, 0.29) is 47.1 Å². The zero-order valence-corrected chi connectivity index (χ0v) is 18.9. The number of nitrogens with zero attached hydrogens (tertiary/aromatic N) is 1. The fourth-order valence-electron chi connectivity index (χ4n) is 3.73. The number of rotatable bonds is 9. The summed E-state index contributed by atoms with van der Waals surface area (Å²) >= 11 is 5.81. The number of benzene rings is 1. The van der Waals surface area contributed by atoms with Gasteiger partial charge in [-0.2, -0.15) is 0 Å². The van der Waals surface area contributed by atoms with E-state index in [1.807, 2.05) is 0 Å². The average molecular weight is 478 g/mol. The van der Waals surface area contributed by atoms with Crippen molar-refractivity contribution in [1.29, 1.82) is 0 Å². The highest BCUT2D eigenvalue weighted by atomic mass is 35.5. The van der Waals surface area contributed by atoms with Crippen molar-refractivity contribution in [1.82, 2.24) is 15.2 Å². The van der Waals surface area contributed by atoms with Crippen LogP contribution in [0.1, 0.15) is 64.6 Å². The zero-order valence-electron chi connectivity index (χ0n) is 18.2. The van der Waals surface area contributed by atoms with Crippen molar-refractivity contribution in [3.05, 3.63) is 61.8 Å². The topological polar surface area (TPSA) is 120 Å². The number of aromatic hydroxyl groups is 1. The van der Waals surface area contributed by atoms with Gasteiger partial charge in [0.1, 0.15) is 17.3 Å². The summed E-state index contributed by atoms with van der Waals surface area (Å²) in [5, 5.41) is 12.9. The molecular weight excluding hydrogens is 453 g/mol. The van der Waals surface area contributed by atoms with Crippen molar-refractivity contribution >= 4 is 29.2 Å². The number of hydrogen-bond donors (Lipinski definition) is 3. The van der Waals surface area contributed by atoms with Gasteiger partial charge in [-0.25, -0.2) is 4.39 Å². The normalized spacial score (nSPS) is 13.1. The smallest absolute Gasteiger partial charge is 0.291 e. The molecule has 33 heavy (non-hydrogen) atoms. The molecule has 0 radical (unpaired) electrons. The van der Waals surface area contributed by atoms with Crippen LogP contribution in [-0.4, -0.2) is 45.7 Å². The van der Waals surface area contributed by atoms with Gasteiger partial charge in [-0.05, 0) is 42.5 Å². The van der Waals surface area contributed by atoms with Gasteiger partial charge < -0.3 is 20.3 Å². The van der Waals surface area contributed by atoms with Crippen LogP contribution in [0.2, 0.25) is 5.02 Å². The zero-order chi connectivity index (χ0) is 24.1. The summed E-state index contributed by atoms with van der Waals surface area (Å²) < 4.78 is 13.4. The van der Waals surface area contributed by atoms with Crippen molar-refractivity contribution in [2.75, 3.05) is 13.1 Å². The third-order valence-electron chi connectivity index (χ3n) is 5.57. The van der Waals surface area contributed by atoms with E-state index in [4.69, 9.17) is 11.6 Å². The molecule has 3 N–H and O–H groups in total. The molecule has 8 nitrogen and oxygen atoms in total. The standard InChI is InChI=1S/C23H25ClFN3O5/c1-2-14(29)5-3-4-9-26-21(31)19-15-8-10-28(12-13-6-7-17(25)16(24)11-13)23(33)18(15)20(30)22(32)27-19/h6-7,11,30H,2-5,8-10,12H2,1H3,(H,26,31)(H,27,32). The second-order valence-corrected chi connectivity index (χ2v) is 8.27. The van der Waals surface area contributed by atoms with Crippen LogP contribution >= 0.6 is 11.6 Å². The summed E-state index contributed by atoms with van der Waals surface area (Å²) in [5.74, 6) is -2.33. The fraction of sp³-hybridized carbons (Fsp3) is 0.391. The van der Waals surface area contributed by atoms with Gasteiger partial charge in [0.25, 0.3) is 17.4 Å². The van der Waals surface area contributed by atoms with Gasteiger partial charge in [0.05, 0.1) is 10.6 Å². The molecule has 0 saturated carbocycles. The van der Waals surface area contributed by atoms with E-state index in [0.29, 0.717) is 37.8 Å². The molecule has 1 aromatic heterocycles. The Bertz CT molecular complexity index is 1150. The number of carbonyl (C=O) groups is 3. The average Bonchev–Trinajstić information content (AvgIpc) is 2.79. The van der Waals surface area contributed by atoms with Crippen LogP contribution in [-0.2, 0) is 17.8 Å². The number of aromatic amines is 1. The van der Waals surface area contributed by atoms with Crippen LogP contribution < -0.4 is 10.9 Å². The number of pyridine rings is 1. The number of halogens is 2. The van der Waals surface area contributed by atoms with Crippen LogP contribution in [0, 0.1) is 5.82 Å². The molecule has 10 heteroatoms. The third kappa shape index (κ3) is 5.60.